The molecule has 120 valence electrons. The van der Waals surface area contributed by atoms with Gasteiger partial charge in [0.2, 0.25) is 0 Å². The zero-order chi connectivity index (χ0) is 15.0. The van der Waals surface area contributed by atoms with Crippen LogP contribution in [0.4, 0.5) is 0 Å². The second-order valence-electron chi connectivity index (χ2n) is 7.00. The molecule has 20 heavy (non-hydrogen) atoms. The Morgan fingerprint density at radius 1 is 1.45 bits per heavy atom. The highest BCUT2D eigenvalue weighted by Gasteiger charge is 2.29. The van der Waals surface area contributed by atoms with E-state index in [4.69, 9.17) is 4.74 Å². The van der Waals surface area contributed by atoms with Crippen molar-refractivity contribution in [3.05, 3.63) is 0 Å². The maximum Gasteiger partial charge on any atom is 0.0932 e. The van der Waals surface area contributed by atoms with Gasteiger partial charge < -0.3 is 15.2 Å². The first kappa shape index (κ1) is 17.9. The minimum absolute atomic E-state index is 0.00162. The van der Waals surface area contributed by atoms with Crippen LogP contribution in [0.1, 0.15) is 40.5 Å². The number of hydrogen-bond acceptors (Lipinski definition) is 4. The molecule has 0 radical (unpaired) electrons. The molecule has 1 heterocycles. The summed E-state index contributed by atoms with van der Waals surface area (Å²) in [6, 6.07) is 0. The summed E-state index contributed by atoms with van der Waals surface area (Å²) >= 11 is 0. The van der Waals surface area contributed by atoms with Crippen LogP contribution in [0.5, 0.6) is 0 Å². The predicted molar refractivity (Wildman–Crippen MR) is 84.0 cm³/mol. The zero-order valence-electron chi connectivity index (χ0n) is 13.8. The average Bonchev–Trinajstić information content (AvgIpc) is 2.38. The van der Waals surface area contributed by atoms with E-state index in [9.17, 15) is 5.11 Å². The fraction of sp³-hybridized carbons (Fsp3) is 1.00. The predicted octanol–water partition coefficient (Wildman–Crippen LogP) is 1.73. The molecule has 0 saturated carbocycles. The van der Waals surface area contributed by atoms with Gasteiger partial charge in [0.25, 0.3) is 0 Å². The van der Waals surface area contributed by atoms with Gasteiger partial charge in [-0.15, -0.1) is 0 Å². The minimum Gasteiger partial charge on any atom is -0.394 e. The maximum atomic E-state index is 9.25. The molecule has 0 aliphatic carbocycles. The molecule has 1 rings (SSSR count). The fourth-order valence-electron chi connectivity index (χ4n) is 3.06. The first-order valence-electron chi connectivity index (χ1n) is 8.14. The normalized spacial score (nSPS) is 24.0. The lowest BCUT2D eigenvalue weighted by Gasteiger charge is -2.39. The molecular weight excluding hydrogens is 252 g/mol. The summed E-state index contributed by atoms with van der Waals surface area (Å²) in [4.78, 5) is 2.46. The van der Waals surface area contributed by atoms with Crippen LogP contribution in [0.2, 0.25) is 0 Å². The number of hydrogen-bond donors (Lipinski definition) is 2. The minimum atomic E-state index is -0.00162. The van der Waals surface area contributed by atoms with E-state index in [0.29, 0.717) is 11.3 Å². The van der Waals surface area contributed by atoms with Crippen molar-refractivity contribution < 1.29 is 9.84 Å². The topological polar surface area (TPSA) is 44.7 Å². The highest BCUT2D eigenvalue weighted by atomic mass is 16.5. The van der Waals surface area contributed by atoms with Crippen molar-refractivity contribution in [2.75, 3.05) is 45.9 Å². The Morgan fingerprint density at radius 2 is 2.20 bits per heavy atom. The molecule has 0 bridgehead atoms. The maximum absolute atomic E-state index is 9.25. The summed E-state index contributed by atoms with van der Waals surface area (Å²) in [6.07, 6.45) is 2.45. The lowest BCUT2D eigenvalue weighted by atomic mass is 9.84. The van der Waals surface area contributed by atoms with Crippen molar-refractivity contribution in [2.24, 2.45) is 11.3 Å². The molecule has 1 fully saturated rings. The van der Waals surface area contributed by atoms with Gasteiger partial charge >= 0.3 is 0 Å². The molecular formula is C16H34N2O2. The zero-order valence-corrected chi connectivity index (χ0v) is 13.8. The SMILES string of the molecule is CCCC(C)(CNCC(C)C)CN1CCOC(CO)C1. The van der Waals surface area contributed by atoms with Crippen molar-refractivity contribution in [3.63, 3.8) is 0 Å². The standard InChI is InChI=1S/C16H34N2O2/c1-5-6-16(4,12-17-9-14(2)3)13-18-7-8-20-15(10-18)11-19/h14-15,17,19H,5-13H2,1-4H3. The second-order valence-corrected chi connectivity index (χ2v) is 7.00. The van der Waals surface area contributed by atoms with Crippen LogP contribution in [0.15, 0.2) is 0 Å². The number of rotatable bonds is 9. The summed E-state index contributed by atoms with van der Waals surface area (Å²) in [5.41, 5.74) is 0.307. The first-order valence-corrected chi connectivity index (χ1v) is 8.14. The summed E-state index contributed by atoms with van der Waals surface area (Å²) in [5, 5.41) is 12.9. The van der Waals surface area contributed by atoms with Crippen molar-refractivity contribution in [1.29, 1.82) is 0 Å². The molecule has 4 heteroatoms. The van der Waals surface area contributed by atoms with Crippen LogP contribution in [0.25, 0.3) is 0 Å². The molecule has 0 spiro atoms. The molecule has 4 nitrogen and oxygen atoms in total. The largest absolute Gasteiger partial charge is 0.394 e. The van der Waals surface area contributed by atoms with E-state index >= 15 is 0 Å². The Morgan fingerprint density at radius 3 is 2.80 bits per heavy atom. The molecule has 0 aromatic carbocycles. The number of aliphatic hydroxyl groups is 1. The van der Waals surface area contributed by atoms with E-state index in [1.165, 1.54) is 12.8 Å². The van der Waals surface area contributed by atoms with Crippen molar-refractivity contribution >= 4 is 0 Å². The van der Waals surface area contributed by atoms with Crippen LogP contribution in [-0.2, 0) is 4.74 Å². The first-order chi connectivity index (χ1) is 9.49. The highest BCUT2D eigenvalue weighted by Crippen LogP contribution is 2.25. The van der Waals surface area contributed by atoms with Crippen LogP contribution >= 0.6 is 0 Å². The lowest BCUT2D eigenvalue weighted by Crippen LogP contribution is -2.50. The molecule has 2 atom stereocenters. The molecule has 0 aromatic rings. The van der Waals surface area contributed by atoms with E-state index in [1.807, 2.05) is 0 Å². The van der Waals surface area contributed by atoms with Gasteiger partial charge in [0.15, 0.2) is 0 Å². The average molecular weight is 286 g/mol. The Hall–Kier alpha value is -0.160. The van der Waals surface area contributed by atoms with E-state index < -0.39 is 0 Å². The number of nitrogens with zero attached hydrogens (tertiary/aromatic N) is 1. The van der Waals surface area contributed by atoms with E-state index in [0.717, 1.165) is 39.3 Å². The molecule has 1 aliphatic heterocycles. The van der Waals surface area contributed by atoms with E-state index in [2.05, 4.69) is 37.9 Å². The summed E-state index contributed by atoms with van der Waals surface area (Å²) in [5.74, 6) is 0.697. The van der Waals surface area contributed by atoms with Gasteiger partial charge in [-0.2, -0.15) is 0 Å². The molecule has 2 N–H and O–H groups in total. The van der Waals surface area contributed by atoms with E-state index in [-0.39, 0.29) is 12.7 Å². The Bertz CT molecular complexity index is 261. The van der Waals surface area contributed by atoms with E-state index in [1.54, 1.807) is 0 Å². The number of morpholine rings is 1. The van der Waals surface area contributed by atoms with Crippen molar-refractivity contribution in [2.45, 2.75) is 46.6 Å². The smallest absolute Gasteiger partial charge is 0.0932 e. The number of ether oxygens (including phenoxy) is 1. The van der Waals surface area contributed by atoms with Gasteiger partial charge in [-0.25, -0.2) is 0 Å². The third-order valence-corrected chi connectivity index (χ3v) is 3.99. The van der Waals surface area contributed by atoms with Crippen LogP contribution in [-0.4, -0.2) is 62.0 Å². The Labute approximate surface area is 124 Å². The summed E-state index contributed by atoms with van der Waals surface area (Å²) in [7, 11) is 0. The van der Waals surface area contributed by atoms with Crippen LogP contribution < -0.4 is 5.32 Å². The van der Waals surface area contributed by atoms with Gasteiger partial charge in [-0.05, 0) is 24.3 Å². The molecule has 0 amide bonds. The van der Waals surface area contributed by atoms with Crippen molar-refractivity contribution in [3.8, 4) is 0 Å². The van der Waals surface area contributed by atoms with Gasteiger partial charge in [-0.1, -0.05) is 34.1 Å². The fourth-order valence-corrected chi connectivity index (χ4v) is 3.06. The Balaban J connectivity index is 2.47. The molecule has 2 unspecified atom stereocenters. The molecule has 1 saturated heterocycles. The summed E-state index contributed by atoms with van der Waals surface area (Å²) in [6.45, 7) is 15.1. The molecule has 0 aromatic heterocycles. The Kier molecular flexibility index (Phi) is 8.03. The third kappa shape index (κ3) is 6.53. The lowest BCUT2D eigenvalue weighted by molar-refractivity contribution is -0.0620. The monoisotopic (exact) mass is 286 g/mol. The van der Waals surface area contributed by atoms with Gasteiger partial charge in [0, 0.05) is 26.2 Å². The third-order valence-electron chi connectivity index (χ3n) is 3.99. The summed E-state index contributed by atoms with van der Waals surface area (Å²) < 4.78 is 5.54. The van der Waals surface area contributed by atoms with Gasteiger partial charge in [0.1, 0.15) is 0 Å². The van der Waals surface area contributed by atoms with Crippen LogP contribution in [0.3, 0.4) is 0 Å². The van der Waals surface area contributed by atoms with Crippen LogP contribution in [0, 0.1) is 11.3 Å². The molecule has 1 aliphatic rings. The number of aliphatic hydroxyl groups excluding tert-OH is 1. The number of nitrogens with one attached hydrogen (secondary N) is 1. The highest BCUT2D eigenvalue weighted by molar-refractivity contribution is 4.83. The van der Waals surface area contributed by atoms with Gasteiger partial charge in [0.05, 0.1) is 19.3 Å². The van der Waals surface area contributed by atoms with Gasteiger partial charge in [-0.3, -0.25) is 4.90 Å². The second kappa shape index (κ2) is 8.98. The quantitative estimate of drug-likeness (QED) is 0.677. The van der Waals surface area contributed by atoms with Crippen molar-refractivity contribution in [1.82, 2.24) is 10.2 Å².